The summed E-state index contributed by atoms with van der Waals surface area (Å²) < 4.78 is 11.2. The number of fused-ring (bicyclic) bond motifs is 1. The predicted molar refractivity (Wildman–Crippen MR) is 107 cm³/mol. The summed E-state index contributed by atoms with van der Waals surface area (Å²) in [6.07, 6.45) is 0.207. The van der Waals surface area contributed by atoms with Gasteiger partial charge in [0, 0.05) is 17.4 Å². The normalized spacial score (nSPS) is 13.1. The van der Waals surface area contributed by atoms with Gasteiger partial charge in [-0.3, -0.25) is 10.1 Å². The Kier molecular flexibility index (Phi) is 4.96. The second-order valence-electron chi connectivity index (χ2n) is 6.34. The Balaban J connectivity index is 1.40. The highest BCUT2D eigenvalue weighted by Crippen LogP contribution is 2.32. The van der Waals surface area contributed by atoms with Gasteiger partial charge in [0.05, 0.1) is 23.9 Å². The minimum Gasteiger partial charge on any atom is -0.493 e. The molecule has 28 heavy (non-hydrogen) atoms. The first-order chi connectivity index (χ1) is 13.6. The predicted octanol–water partition coefficient (Wildman–Crippen LogP) is 4.02. The van der Waals surface area contributed by atoms with Crippen LogP contribution in [-0.2, 0) is 11.2 Å². The molecule has 1 amide bonds. The van der Waals surface area contributed by atoms with Crippen molar-refractivity contribution in [3.8, 4) is 28.8 Å². The molecule has 0 spiro atoms. The van der Waals surface area contributed by atoms with E-state index in [4.69, 9.17) is 14.7 Å². The molecule has 0 saturated carbocycles. The van der Waals surface area contributed by atoms with Crippen LogP contribution in [-0.4, -0.2) is 23.6 Å². The van der Waals surface area contributed by atoms with E-state index in [0.29, 0.717) is 23.1 Å². The number of aromatic nitrogens is 1. The Morgan fingerprint density at radius 3 is 2.93 bits per heavy atom. The third-order valence-corrected chi connectivity index (χ3v) is 5.14. The molecule has 0 aliphatic carbocycles. The number of thiazole rings is 1. The molecule has 6 nitrogen and oxygen atoms in total. The van der Waals surface area contributed by atoms with Gasteiger partial charge in [-0.25, -0.2) is 4.98 Å². The van der Waals surface area contributed by atoms with Gasteiger partial charge in [-0.1, -0.05) is 0 Å². The van der Waals surface area contributed by atoms with E-state index in [0.717, 1.165) is 23.4 Å². The van der Waals surface area contributed by atoms with Crippen LogP contribution in [0.1, 0.15) is 18.1 Å². The molecule has 4 rings (SSSR count). The molecule has 1 unspecified atom stereocenters. The first kappa shape index (κ1) is 18.0. The van der Waals surface area contributed by atoms with Crippen molar-refractivity contribution in [1.29, 1.82) is 5.26 Å². The maximum atomic E-state index is 12.4. The number of carbonyl (C=O) groups excluding carboxylic acids is 1. The molecule has 3 aromatic rings. The van der Waals surface area contributed by atoms with Gasteiger partial charge in [-0.15, -0.1) is 11.3 Å². The van der Waals surface area contributed by atoms with Gasteiger partial charge in [-0.2, -0.15) is 5.26 Å². The number of nitrogens with one attached hydrogen (secondary N) is 1. The van der Waals surface area contributed by atoms with E-state index in [-0.39, 0.29) is 5.91 Å². The summed E-state index contributed by atoms with van der Waals surface area (Å²) >= 11 is 1.37. The highest BCUT2D eigenvalue weighted by Gasteiger charge is 2.18. The average Bonchev–Trinajstić information content (AvgIpc) is 3.37. The van der Waals surface area contributed by atoms with Crippen LogP contribution in [0.2, 0.25) is 0 Å². The quantitative estimate of drug-likeness (QED) is 0.710. The summed E-state index contributed by atoms with van der Waals surface area (Å²) in [6.45, 7) is 2.39. The number of rotatable bonds is 5. The van der Waals surface area contributed by atoms with E-state index in [9.17, 15) is 4.79 Å². The van der Waals surface area contributed by atoms with Gasteiger partial charge in [0.1, 0.15) is 11.5 Å². The van der Waals surface area contributed by atoms with Gasteiger partial charge in [0.2, 0.25) is 0 Å². The molecule has 140 valence electrons. The number of carbonyl (C=O) groups is 1. The molecular formula is C21H17N3O3S. The van der Waals surface area contributed by atoms with Crippen molar-refractivity contribution < 1.29 is 14.3 Å². The summed E-state index contributed by atoms with van der Waals surface area (Å²) in [5, 5.41) is 14.1. The molecule has 2 heterocycles. The Hall–Kier alpha value is -3.37. The van der Waals surface area contributed by atoms with Crippen molar-refractivity contribution in [2.75, 3.05) is 11.9 Å². The Labute approximate surface area is 166 Å². The van der Waals surface area contributed by atoms with Crippen molar-refractivity contribution in [3.05, 3.63) is 59.0 Å². The zero-order chi connectivity index (χ0) is 19.5. The summed E-state index contributed by atoms with van der Waals surface area (Å²) in [7, 11) is 0. The lowest BCUT2D eigenvalue weighted by molar-refractivity contribution is -0.122. The van der Waals surface area contributed by atoms with Crippen molar-refractivity contribution in [3.63, 3.8) is 0 Å². The number of nitriles is 1. The number of amides is 1. The molecule has 1 aliphatic rings. The van der Waals surface area contributed by atoms with Gasteiger partial charge >= 0.3 is 0 Å². The third kappa shape index (κ3) is 3.82. The van der Waals surface area contributed by atoms with E-state index in [1.807, 2.05) is 23.6 Å². The number of ether oxygens (including phenoxy) is 2. The van der Waals surface area contributed by atoms with Crippen LogP contribution < -0.4 is 14.8 Å². The summed E-state index contributed by atoms with van der Waals surface area (Å²) in [6, 6.07) is 14.7. The lowest BCUT2D eigenvalue weighted by Crippen LogP contribution is -2.30. The van der Waals surface area contributed by atoms with E-state index < -0.39 is 6.10 Å². The molecule has 1 aliphatic heterocycles. The van der Waals surface area contributed by atoms with Gasteiger partial charge in [0.15, 0.2) is 11.2 Å². The van der Waals surface area contributed by atoms with E-state index >= 15 is 0 Å². The molecule has 1 N–H and O–H groups in total. The van der Waals surface area contributed by atoms with Gasteiger partial charge in [-0.05, 0) is 55.0 Å². The fraction of sp³-hybridized carbons (Fsp3) is 0.190. The standard InChI is InChI=1S/C21H17N3O3S/c1-13(27-17-5-2-14(11-22)3-6-17)20(25)24-21-23-18(12-28-21)15-4-7-19-16(10-15)8-9-26-19/h2-7,10,12-13H,8-9H2,1H3,(H,23,24,25). The molecule has 0 saturated heterocycles. The van der Waals surface area contributed by atoms with Crippen molar-refractivity contribution in [1.82, 2.24) is 4.98 Å². The Bertz CT molecular complexity index is 1050. The molecule has 2 aromatic carbocycles. The smallest absolute Gasteiger partial charge is 0.266 e. The fourth-order valence-corrected chi connectivity index (χ4v) is 3.60. The van der Waals surface area contributed by atoms with Crippen LogP contribution in [0.4, 0.5) is 5.13 Å². The van der Waals surface area contributed by atoms with Gasteiger partial charge in [0.25, 0.3) is 5.91 Å². The topological polar surface area (TPSA) is 84.2 Å². The number of hydrogen-bond donors (Lipinski definition) is 1. The van der Waals surface area contributed by atoms with Crippen molar-refractivity contribution in [2.45, 2.75) is 19.4 Å². The highest BCUT2D eigenvalue weighted by molar-refractivity contribution is 7.14. The molecule has 0 fully saturated rings. The highest BCUT2D eigenvalue weighted by atomic mass is 32.1. The monoisotopic (exact) mass is 391 g/mol. The second kappa shape index (κ2) is 7.71. The SMILES string of the molecule is CC(Oc1ccc(C#N)cc1)C(=O)Nc1nc(-c2ccc3c(c2)CCO3)cs1. The number of hydrogen-bond acceptors (Lipinski definition) is 6. The lowest BCUT2D eigenvalue weighted by Gasteiger charge is -2.13. The third-order valence-electron chi connectivity index (χ3n) is 4.39. The molecule has 1 aromatic heterocycles. The van der Waals surface area contributed by atoms with Gasteiger partial charge < -0.3 is 9.47 Å². The zero-order valence-corrected chi connectivity index (χ0v) is 16.0. The van der Waals surface area contributed by atoms with Crippen LogP contribution in [0.5, 0.6) is 11.5 Å². The largest absolute Gasteiger partial charge is 0.493 e. The van der Waals surface area contributed by atoms with Crippen LogP contribution in [0.25, 0.3) is 11.3 Å². The minimum absolute atomic E-state index is 0.285. The maximum Gasteiger partial charge on any atom is 0.266 e. The molecule has 0 bridgehead atoms. The lowest BCUT2D eigenvalue weighted by atomic mass is 10.1. The van der Waals surface area contributed by atoms with Crippen LogP contribution in [0, 0.1) is 11.3 Å². The zero-order valence-electron chi connectivity index (χ0n) is 15.1. The molecule has 0 radical (unpaired) electrons. The number of anilines is 1. The average molecular weight is 391 g/mol. The molecular weight excluding hydrogens is 374 g/mol. The van der Waals surface area contributed by atoms with Crippen LogP contribution in [0.15, 0.2) is 47.8 Å². The Morgan fingerprint density at radius 2 is 2.14 bits per heavy atom. The maximum absolute atomic E-state index is 12.4. The molecule has 1 atom stereocenters. The molecule has 7 heteroatoms. The fourth-order valence-electron chi connectivity index (χ4n) is 2.88. The number of benzene rings is 2. The number of nitrogens with zero attached hydrogens (tertiary/aromatic N) is 2. The van der Waals surface area contributed by atoms with Crippen molar-refractivity contribution >= 4 is 22.4 Å². The van der Waals surface area contributed by atoms with Crippen molar-refractivity contribution in [2.24, 2.45) is 0 Å². The summed E-state index contributed by atoms with van der Waals surface area (Å²) in [4.78, 5) is 16.9. The Morgan fingerprint density at radius 1 is 1.32 bits per heavy atom. The minimum atomic E-state index is -0.697. The van der Waals surface area contributed by atoms with Crippen LogP contribution >= 0.6 is 11.3 Å². The summed E-state index contributed by atoms with van der Waals surface area (Å²) in [5.74, 6) is 1.18. The summed E-state index contributed by atoms with van der Waals surface area (Å²) in [5.41, 5.74) is 3.54. The van der Waals surface area contributed by atoms with E-state index in [1.54, 1.807) is 31.2 Å². The first-order valence-corrected chi connectivity index (χ1v) is 9.69. The first-order valence-electron chi connectivity index (χ1n) is 8.82. The van der Waals surface area contributed by atoms with Crippen LogP contribution in [0.3, 0.4) is 0 Å². The van der Waals surface area contributed by atoms with E-state index in [2.05, 4.69) is 16.4 Å². The van der Waals surface area contributed by atoms with E-state index in [1.165, 1.54) is 16.9 Å². The second-order valence-corrected chi connectivity index (χ2v) is 7.20.